The number of rotatable bonds is 12. The summed E-state index contributed by atoms with van der Waals surface area (Å²) in [6, 6.07) is 135. The number of pyridine rings is 6. The van der Waals surface area contributed by atoms with Crippen LogP contribution in [-0.4, -0.2) is 29.9 Å². The van der Waals surface area contributed by atoms with E-state index in [0.29, 0.717) is 5.75 Å². The van der Waals surface area contributed by atoms with E-state index in [9.17, 15) is 0 Å². The van der Waals surface area contributed by atoms with Crippen molar-refractivity contribution in [1.82, 2.24) is 29.9 Å². The zero-order valence-electron chi connectivity index (χ0n) is 64.2. The summed E-state index contributed by atoms with van der Waals surface area (Å²) in [6.07, 6.45) is 15.3. The van der Waals surface area contributed by atoms with Gasteiger partial charge in [-0.3, -0.25) is 0 Å². The van der Waals surface area contributed by atoms with Crippen LogP contribution in [0, 0.1) is 18.2 Å². The number of benzene rings is 12. The van der Waals surface area contributed by atoms with E-state index in [1.54, 1.807) is 68.7 Å². The zero-order chi connectivity index (χ0) is 82.6. The molecule has 0 saturated carbocycles. The van der Waals surface area contributed by atoms with Crippen molar-refractivity contribution >= 4 is 92.0 Å². The van der Waals surface area contributed by atoms with Gasteiger partial charge >= 0.3 is 84.6 Å². The Hall–Kier alpha value is -12.8. The van der Waals surface area contributed by atoms with E-state index < -0.39 is 0 Å². The molecule has 0 saturated heterocycles. The second kappa shape index (κ2) is 39.9. The van der Waals surface area contributed by atoms with Gasteiger partial charge in [0.1, 0.15) is 17.4 Å². The van der Waals surface area contributed by atoms with Gasteiger partial charge in [-0.2, -0.15) is 0 Å². The minimum absolute atomic E-state index is 0.712. The number of nitrogens with zero attached hydrogens (tertiary/aromatic N) is 9. The molecule has 9 heterocycles. The van der Waals surface area contributed by atoms with Crippen molar-refractivity contribution in [2.45, 2.75) is 0 Å². The Morgan fingerprint density at radius 1 is 0.231 bits per heavy atom. The molecule has 6 aromatic heterocycles. The maximum atomic E-state index is 6.24. The zero-order valence-corrected chi connectivity index (χ0v) is 73.3. The van der Waals surface area contributed by atoms with Gasteiger partial charge in [0, 0.05) is 48.4 Å². The Labute approximate surface area is 749 Å². The first-order chi connectivity index (χ1) is 60.0. The fourth-order valence-corrected chi connectivity index (χ4v) is 14.7. The first-order valence-corrected chi connectivity index (χ1v) is 46.8. The van der Waals surface area contributed by atoms with E-state index in [2.05, 4.69) is 312 Å². The molecule has 11 nitrogen and oxygen atoms in total. The molecule has 0 atom stereocenters. The number of hydrogen-bond donors (Lipinski definition) is 0. The third-order valence-corrected chi connectivity index (χ3v) is 20.4. The Bertz CT molecular complexity index is 6440. The van der Waals surface area contributed by atoms with Gasteiger partial charge in [-0.05, 0) is 186 Å². The van der Waals surface area contributed by atoms with Gasteiger partial charge in [0.05, 0.1) is 22.8 Å². The van der Waals surface area contributed by atoms with Crippen LogP contribution in [-0.2, 0) is 56.3 Å². The van der Waals surface area contributed by atoms with Crippen LogP contribution in [0.5, 0.6) is 23.0 Å². The van der Waals surface area contributed by atoms with Crippen molar-refractivity contribution in [2.24, 2.45) is 0 Å². The van der Waals surface area contributed by atoms with Crippen LogP contribution in [0.4, 0.5) is 51.6 Å². The molecule has 0 bridgehead atoms. The molecular formula is C104H68Cl3N9O2Pt3. The van der Waals surface area contributed by atoms with Gasteiger partial charge in [0.2, 0.25) is 0 Å². The Morgan fingerprint density at radius 3 is 1.08 bits per heavy atom. The van der Waals surface area contributed by atoms with Gasteiger partial charge in [-0.15, -0.1) is 83.4 Å². The van der Waals surface area contributed by atoms with Crippen molar-refractivity contribution in [1.29, 1.82) is 0 Å². The average Bonchev–Trinajstić information content (AvgIpc) is 1.76. The van der Waals surface area contributed by atoms with E-state index >= 15 is 0 Å². The normalized spacial score (nSPS) is 11.5. The SMILES string of the molecule is [Cl][Pt+].[Cl][Pt+].[Cl][Pt+].[c-]1c(-c2cc(-c3ccc(-c4ccccc4)cc3)ccn2)ccc2c1N(c1ccccn1)c1ccccc1O2.[c-]1c(-c2cc(-c3ccc(-c4ccccc4)cc3)ccn2)cccc1N1c2ccccc2C=Cc2cccnc21.[c-]1c(-c2cc(-c3ccc(-c4ccccc4)cc3)ccn2)cccc1N1c2ccccc2Oc2cccnc21. The Balaban J connectivity index is 0.000000131. The summed E-state index contributed by atoms with van der Waals surface area (Å²) in [5.74, 6) is 5.43. The maximum absolute atomic E-state index is 6.24. The molecule has 12 aromatic carbocycles. The van der Waals surface area contributed by atoms with Gasteiger partial charge in [0.15, 0.2) is 17.3 Å². The smallest absolute Gasteiger partial charge is 0.179 e. The van der Waals surface area contributed by atoms with Crippen molar-refractivity contribution in [3.8, 4) is 124 Å². The third kappa shape index (κ3) is 18.7. The number of halogens is 3. The second-order valence-corrected chi connectivity index (χ2v) is 27.6. The Kier molecular flexibility index (Phi) is 27.0. The molecule has 3 aliphatic rings. The topological polar surface area (TPSA) is 106 Å². The molecule has 0 spiro atoms. The fraction of sp³-hybridized carbons (Fsp3) is 0. The van der Waals surface area contributed by atoms with Crippen LogP contribution in [0.1, 0.15) is 11.1 Å². The molecular weight excluding hydrogens is 2100 g/mol. The summed E-state index contributed by atoms with van der Waals surface area (Å²) in [5.41, 5.74) is 27.0. The molecule has 0 fully saturated rings. The monoisotopic (exact) mass is 2160 g/mol. The molecule has 0 radical (unpaired) electrons. The van der Waals surface area contributed by atoms with Crippen LogP contribution in [0.15, 0.2) is 401 Å². The van der Waals surface area contributed by atoms with Gasteiger partial charge in [-0.25, -0.2) is 15.0 Å². The maximum Gasteiger partial charge on any atom is 0.179 e. The van der Waals surface area contributed by atoms with E-state index in [-0.39, 0.29) is 0 Å². The standard InChI is InChI=1S/C36H24N3.2C34H22N3O.3ClH.3Pt/c1-2-8-26(9-3-1)27-15-17-28(18-16-27)31-21-23-37-34(25-31)32-11-6-13-33(24-32)39-35-14-5-4-10-29(35)19-20-30-12-7-22-38-36(30)39;1-2-8-24(9-3-1)25-15-17-26(18-16-25)27-19-21-35-30(23-27)28-10-6-11-29(22-28)37-31-12-4-5-13-32(31)38-33-14-7-20-36-34(33)37;1-2-8-24(9-3-1)25-13-15-26(16-14-25)27-19-21-35-29(22-27)28-17-18-33-31(23-28)37(34-12-6-7-20-36-34)30-10-4-5-11-32(30)38-33;;;;;;/h1-23,25H;1-21,23H;1-22H;3*1H;;;/q3*-1;;;;3*+2/p-3. The van der Waals surface area contributed by atoms with E-state index in [1.165, 1.54) is 33.4 Å². The summed E-state index contributed by atoms with van der Waals surface area (Å²) in [6.45, 7) is 0. The van der Waals surface area contributed by atoms with Gasteiger partial charge in [-0.1, -0.05) is 243 Å². The van der Waals surface area contributed by atoms with Gasteiger partial charge < -0.3 is 39.1 Å². The van der Waals surface area contributed by atoms with Crippen molar-refractivity contribution in [3.63, 3.8) is 0 Å². The van der Waals surface area contributed by atoms with E-state index in [1.807, 2.05) is 170 Å². The molecule has 18 aromatic rings. The fourth-order valence-electron chi connectivity index (χ4n) is 14.7. The summed E-state index contributed by atoms with van der Waals surface area (Å²) in [7, 11) is 13.8. The minimum Gasteiger partial charge on any atom is -0.497 e. The van der Waals surface area contributed by atoms with E-state index in [0.717, 1.165) is 147 Å². The summed E-state index contributed by atoms with van der Waals surface area (Å²) in [4.78, 5) is 34.4. The molecule has 21 rings (SSSR count). The molecule has 0 unspecified atom stereocenters. The number of ether oxygens (including phenoxy) is 2. The number of aromatic nitrogens is 6. The molecule has 3 aliphatic heterocycles. The number of fused-ring (bicyclic) bond motifs is 6. The van der Waals surface area contributed by atoms with Gasteiger partial charge in [0.25, 0.3) is 0 Å². The van der Waals surface area contributed by atoms with Crippen LogP contribution in [0.3, 0.4) is 0 Å². The van der Waals surface area contributed by atoms with Crippen LogP contribution in [0.25, 0.3) is 113 Å². The summed E-state index contributed by atoms with van der Waals surface area (Å²) in [5, 5.41) is 0. The number of hydrogen-bond acceptors (Lipinski definition) is 11. The second-order valence-electron chi connectivity index (χ2n) is 27.6. The average molecular weight is 2170 g/mol. The van der Waals surface area contributed by atoms with Crippen LogP contribution in [0.2, 0.25) is 0 Å². The third-order valence-electron chi connectivity index (χ3n) is 20.4. The van der Waals surface area contributed by atoms with Crippen LogP contribution < -0.4 is 24.2 Å². The number of anilines is 9. The van der Waals surface area contributed by atoms with Crippen LogP contribution >= 0.6 is 28.3 Å². The molecule has 17 heteroatoms. The molecule has 0 amide bonds. The molecule has 0 aliphatic carbocycles. The Morgan fingerprint density at radius 2 is 0.595 bits per heavy atom. The first kappa shape index (κ1) is 81.9. The predicted molar refractivity (Wildman–Crippen MR) is 482 cm³/mol. The first-order valence-electron chi connectivity index (χ1n) is 38.4. The van der Waals surface area contributed by atoms with Crippen molar-refractivity contribution < 1.29 is 65.8 Å². The summed E-state index contributed by atoms with van der Waals surface area (Å²) >= 11 is 4.83. The molecule has 121 heavy (non-hydrogen) atoms. The van der Waals surface area contributed by atoms with E-state index in [4.69, 9.17) is 19.4 Å². The molecule has 0 N–H and O–H groups in total. The predicted octanol–water partition coefficient (Wildman–Crippen LogP) is 29.0. The quantitative estimate of drug-likeness (QED) is 0.109. The number of para-hydroxylation sites is 5. The molecule has 592 valence electrons. The minimum atomic E-state index is 0.712. The van der Waals surface area contributed by atoms with Crippen molar-refractivity contribution in [2.75, 3.05) is 14.7 Å². The summed E-state index contributed by atoms with van der Waals surface area (Å²) < 4.78 is 12.4. The van der Waals surface area contributed by atoms with Crippen molar-refractivity contribution in [3.05, 3.63) is 430 Å². The largest absolute Gasteiger partial charge is 0.497 e.